The predicted octanol–water partition coefficient (Wildman–Crippen LogP) is 2.80. The molecule has 1 fully saturated rings. The van der Waals surface area contributed by atoms with Crippen LogP contribution < -0.4 is 0 Å². The van der Waals surface area contributed by atoms with E-state index >= 15 is 0 Å². The molecule has 0 spiro atoms. The van der Waals surface area contributed by atoms with E-state index in [4.69, 9.17) is 0 Å². The molecule has 140 valence electrons. The van der Waals surface area contributed by atoms with Crippen LogP contribution in [0.1, 0.15) is 34.6 Å². The Hall–Kier alpha value is -1.64. The van der Waals surface area contributed by atoms with Crippen LogP contribution in [0, 0.1) is 13.8 Å². The van der Waals surface area contributed by atoms with E-state index in [1.54, 1.807) is 12.1 Å². The van der Waals surface area contributed by atoms with Crippen molar-refractivity contribution in [3.05, 3.63) is 41.3 Å². The van der Waals surface area contributed by atoms with Crippen LogP contribution in [0.5, 0.6) is 0 Å². The van der Waals surface area contributed by atoms with E-state index < -0.39 is 10.0 Å². The van der Waals surface area contributed by atoms with Crippen molar-refractivity contribution in [2.75, 3.05) is 18.8 Å². The van der Waals surface area contributed by atoms with Crippen molar-refractivity contribution in [3.63, 3.8) is 0 Å². The molecule has 2 aromatic rings. The first-order valence-electron chi connectivity index (χ1n) is 8.56. The Morgan fingerprint density at radius 1 is 1.23 bits per heavy atom. The van der Waals surface area contributed by atoms with Gasteiger partial charge in [0.05, 0.1) is 10.8 Å². The van der Waals surface area contributed by atoms with Crippen LogP contribution in [0.4, 0.5) is 0 Å². The molecule has 0 bridgehead atoms. The third-order valence-electron chi connectivity index (χ3n) is 4.84. The lowest BCUT2D eigenvalue weighted by Gasteiger charge is -2.15. The number of nitrogens with zero attached hydrogens (tertiary/aromatic N) is 3. The zero-order chi connectivity index (χ0) is 18.9. The van der Waals surface area contributed by atoms with E-state index in [1.165, 1.54) is 22.3 Å². The lowest BCUT2D eigenvalue weighted by atomic mass is 10.2. The van der Waals surface area contributed by atoms with Crippen molar-refractivity contribution in [1.82, 2.24) is 13.9 Å². The Morgan fingerprint density at radius 2 is 1.92 bits per heavy atom. The summed E-state index contributed by atoms with van der Waals surface area (Å²) in [5.74, 6) is 0.321. The molecule has 0 radical (unpaired) electrons. The first kappa shape index (κ1) is 19.1. The number of rotatable bonds is 6. The van der Waals surface area contributed by atoms with Crippen molar-refractivity contribution >= 4 is 27.6 Å². The molecule has 0 aliphatic carbocycles. The largest absolute Gasteiger partial charge is 0.351 e. The van der Waals surface area contributed by atoms with Gasteiger partial charge in [0.25, 0.3) is 0 Å². The molecule has 26 heavy (non-hydrogen) atoms. The van der Waals surface area contributed by atoms with Crippen LogP contribution in [-0.4, -0.2) is 46.9 Å². The first-order valence-corrected chi connectivity index (χ1v) is 11.0. The van der Waals surface area contributed by atoms with Gasteiger partial charge in [0, 0.05) is 43.3 Å². The molecule has 0 amide bonds. The summed E-state index contributed by atoms with van der Waals surface area (Å²) in [6, 6.07) is 5.15. The van der Waals surface area contributed by atoms with Crippen LogP contribution in [0.2, 0.25) is 0 Å². The summed E-state index contributed by atoms with van der Waals surface area (Å²) in [7, 11) is -1.51. The van der Waals surface area contributed by atoms with Gasteiger partial charge in [-0.3, -0.25) is 4.79 Å². The lowest BCUT2D eigenvalue weighted by molar-refractivity contribution is 0.102. The Morgan fingerprint density at radius 3 is 2.46 bits per heavy atom. The summed E-state index contributed by atoms with van der Waals surface area (Å²) in [6.07, 6.45) is 3.19. The highest BCUT2D eigenvalue weighted by molar-refractivity contribution is 7.99. The zero-order valence-electron chi connectivity index (χ0n) is 15.2. The normalized spacial score (nSPS) is 15.5. The van der Waals surface area contributed by atoms with Crippen molar-refractivity contribution in [1.29, 1.82) is 0 Å². The van der Waals surface area contributed by atoms with Crippen LogP contribution in [0.3, 0.4) is 0 Å². The van der Waals surface area contributed by atoms with Crippen LogP contribution in [0.15, 0.2) is 34.3 Å². The SMILES string of the molecule is Cc1cc(C(=O)CSc2ccc(S(=O)(=O)N3CCCC3)cn2)c(C)n1C. The van der Waals surface area contributed by atoms with Gasteiger partial charge in [-0.05, 0) is 44.9 Å². The molecule has 1 aliphatic rings. The van der Waals surface area contributed by atoms with Gasteiger partial charge in [-0.25, -0.2) is 13.4 Å². The fourth-order valence-corrected chi connectivity index (χ4v) is 5.23. The molecule has 2 aromatic heterocycles. The van der Waals surface area contributed by atoms with E-state index in [1.807, 2.05) is 31.5 Å². The van der Waals surface area contributed by atoms with Crippen LogP contribution in [-0.2, 0) is 17.1 Å². The number of sulfonamides is 1. The minimum Gasteiger partial charge on any atom is -0.351 e. The third-order valence-corrected chi connectivity index (χ3v) is 7.66. The molecule has 0 atom stereocenters. The van der Waals surface area contributed by atoms with E-state index in [9.17, 15) is 13.2 Å². The van der Waals surface area contributed by atoms with Crippen LogP contribution in [0.25, 0.3) is 0 Å². The third kappa shape index (κ3) is 3.72. The van der Waals surface area contributed by atoms with Gasteiger partial charge < -0.3 is 4.57 Å². The number of carbonyl (C=O) groups excluding carboxylic acids is 1. The monoisotopic (exact) mass is 393 g/mol. The zero-order valence-corrected chi connectivity index (χ0v) is 16.9. The van der Waals surface area contributed by atoms with Gasteiger partial charge in [0.2, 0.25) is 10.0 Å². The molecule has 6 nitrogen and oxygen atoms in total. The molecule has 1 aliphatic heterocycles. The lowest BCUT2D eigenvalue weighted by Crippen LogP contribution is -2.27. The molecule has 8 heteroatoms. The molecule has 0 aromatic carbocycles. The van der Waals surface area contributed by atoms with E-state index in [-0.39, 0.29) is 16.4 Å². The van der Waals surface area contributed by atoms with Crippen molar-refractivity contribution in [2.24, 2.45) is 7.05 Å². The van der Waals surface area contributed by atoms with Gasteiger partial charge in [0.15, 0.2) is 5.78 Å². The van der Waals surface area contributed by atoms with Gasteiger partial charge in [-0.1, -0.05) is 11.8 Å². The second-order valence-electron chi connectivity index (χ2n) is 6.50. The summed E-state index contributed by atoms with van der Waals surface area (Å²) >= 11 is 1.32. The number of carbonyl (C=O) groups is 1. The Balaban J connectivity index is 1.66. The van der Waals surface area contributed by atoms with E-state index in [2.05, 4.69) is 4.98 Å². The maximum atomic E-state index is 12.5. The summed E-state index contributed by atoms with van der Waals surface area (Å²) in [5, 5.41) is 0.643. The van der Waals surface area contributed by atoms with Crippen LogP contribution >= 0.6 is 11.8 Å². The minimum atomic E-state index is -3.45. The highest BCUT2D eigenvalue weighted by Crippen LogP contribution is 2.24. The number of pyridine rings is 1. The molecule has 0 N–H and O–H groups in total. The average molecular weight is 394 g/mol. The van der Waals surface area contributed by atoms with E-state index in [0.29, 0.717) is 18.1 Å². The van der Waals surface area contributed by atoms with Gasteiger partial charge in [-0.2, -0.15) is 4.31 Å². The number of thioether (sulfide) groups is 1. The maximum absolute atomic E-state index is 12.5. The molecule has 1 saturated heterocycles. The summed E-state index contributed by atoms with van der Waals surface area (Å²) < 4.78 is 28.5. The topological polar surface area (TPSA) is 72.3 Å². The number of aromatic nitrogens is 2. The Labute approximate surface area is 158 Å². The number of aryl methyl sites for hydroxylation is 1. The minimum absolute atomic E-state index is 0.0479. The average Bonchev–Trinajstić information content (AvgIpc) is 3.26. The van der Waals surface area contributed by atoms with Crippen molar-refractivity contribution in [2.45, 2.75) is 36.6 Å². The fourth-order valence-electron chi connectivity index (χ4n) is 3.04. The van der Waals surface area contributed by atoms with Gasteiger partial charge in [0.1, 0.15) is 4.90 Å². The fraction of sp³-hybridized carbons (Fsp3) is 0.444. The quantitative estimate of drug-likeness (QED) is 0.557. The predicted molar refractivity (Wildman–Crippen MR) is 102 cm³/mol. The number of Topliss-reactive ketones (excluding diaryl/α,β-unsaturated/α-hetero) is 1. The molecule has 0 unspecified atom stereocenters. The van der Waals surface area contributed by atoms with Crippen molar-refractivity contribution in [3.8, 4) is 0 Å². The van der Waals surface area contributed by atoms with Crippen molar-refractivity contribution < 1.29 is 13.2 Å². The summed E-state index contributed by atoms with van der Waals surface area (Å²) in [4.78, 5) is 16.9. The Kier molecular flexibility index (Phi) is 5.55. The second kappa shape index (κ2) is 7.54. The highest BCUT2D eigenvalue weighted by atomic mass is 32.2. The van der Waals surface area contributed by atoms with Gasteiger partial charge >= 0.3 is 0 Å². The molecule has 0 saturated carbocycles. The number of ketones is 1. The highest BCUT2D eigenvalue weighted by Gasteiger charge is 2.27. The molecular formula is C18H23N3O3S2. The van der Waals surface area contributed by atoms with E-state index in [0.717, 1.165) is 29.8 Å². The maximum Gasteiger partial charge on any atom is 0.244 e. The summed E-state index contributed by atoms with van der Waals surface area (Å²) in [6.45, 7) is 5.05. The smallest absolute Gasteiger partial charge is 0.244 e. The van der Waals surface area contributed by atoms with Gasteiger partial charge in [-0.15, -0.1) is 0 Å². The Bertz CT molecular complexity index is 912. The standard InChI is InChI=1S/C18H23N3O3S2/c1-13-10-16(14(2)20(13)3)17(22)12-25-18-7-6-15(11-19-18)26(23,24)21-8-4-5-9-21/h6-7,10-11H,4-5,8-9,12H2,1-3H3. The molecule has 3 rings (SSSR count). The second-order valence-corrected chi connectivity index (χ2v) is 9.43. The molecular weight excluding hydrogens is 370 g/mol. The number of hydrogen-bond donors (Lipinski definition) is 0. The first-order chi connectivity index (χ1) is 12.3. The summed E-state index contributed by atoms with van der Waals surface area (Å²) in [5.41, 5.74) is 2.73. The number of hydrogen-bond acceptors (Lipinski definition) is 5. The molecule has 3 heterocycles.